The predicted molar refractivity (Wildman–Crippen MR) is 51.5 cm³/mol. The molecule has 0 unspecified atom stereocenters. The number of alkyl halides is 3. The Labute approximate surface area is 86.9 Å². The van der Waals surface area contributed by atoms with Gasteiger partial charge in [-0.3, -0.25) is 0 Å². The van der Waals surface area contributed by atoms with Gasteiger partial charge in [0.15, 0.2) is 0 Å². The van der Waals surface area contributed by atoms with E-state index >= 15 is 0 Å². The molecule has 1 aromatic carbocycles. The number of methoxy groups -OCH3 is 1. The van der Waals surface area contributed by atoms with Gasteiger partial charge in [0.05, 0.1) is 12.2 Å². The van der Waals surface area contributed by atoms with Crippen molar-refractivity contribution in [3.05, 3.63) is 34.9 Å². The summed E-state index contributed by atoms with van der Waals surface area (Å²) < 4.78 is 42.1. The monoisotopic (exact) mass is 218 g/mol. The SMILES string of the molecule is CCc1cc(C(F)(F)F)ccc1COC. The summed E-state index contributed by atoms with van der Waals surface area (Å²) in [6.07, 6.45) is -3.70. The first-order chi connectivity index (χ1) is 6.99. The third kappa shape index (κ3) is 2.96. The van der Waals surface area contributed by atoms with Crippen LogP contribution in [-0.2, 0) is 23.9 Å². The van der Waals surface area contributed by atoms with E-state index in [2.05, 4.69) is 0 Å². The Hall–Kier alpha value is -1.03. The zero-order valence-corrected chi connectivity index (χ0v) is 8.69. The van der Waals surface area contributed by atoms with Gasteiger partial charge in [0.25, 0.3) is 0 Å². The molecule has 0 aliphatic heterocycles. The second kappa shape index (κ2) is 4.66. The highest BCUT2D eigenvalue weighted by atomic mass is 19.4. The van der Waals surface area contributed by atoms with E-state index in [0.29, 0.717) is 18.6 Å². The van der Waals surface area contributed by atoms with Crippen molar-refractivity contribution in [2.24, 2.45) is 0 Å². The zero-order chi connectivity index (χ0) is 11.5. The van der Waals surface area contributed by atoms with Crippen LogP contribution in [0, 0.1) is 0 Å². The van der Waals surface area contributed by atoms with Crippen LogP contribution in [0.4, 0.5) is 13.2 Å². The molecule has 0 heterocycles. The first-order valence-corrected chi connectivity index (χ1v) is 4.67. The quantitative estimate of drug-likeness (QED) is 0.755. The van der Waals surface area contributed by atoms with Crippen molar-refractivity contribution < 1.29 is 17.9 Å². The van der Waals surface area contributed by atoms with E-state index in [4.69, 9.17) is 4.74 Å². The molecule has 0 amide bonds. The Morgan fingerprint density at radius 1 is 1.20 bits per heavy atom. The molecule has 0 fully saturated rings. The number of benzene rings is 1. The van der Waals surface area contributed by atoms with E-state index in [0.717, 1.165) is 11.6 Å². The molecular formula is C11H13F3O. The maximum Gasteiger partial charge on any atom is 0.416 e. The molecule has 0 saturated carbocycles. The van der Waals surface area contributed by atoms with Crippen molar-refractivity contribution in [3.63, 3.8) is 0 Å². The molecule has 1 rings (SSSR count). The fourth-order valence-corrected chi connectivity index (χ4v) is 1.43. The van der Waals surface area contributed by atoms with E-state index in [1.165, 1.54) is 19.2 Å². The van der Waals surface area contributed by atoms with Gasteiger partial charge in [-0.05, 0) is 29.7 Å². The van der Waals surface area contributed by atoms with Crippen LogP contribution >= 0.6 is 0 Å². The van der Waals surface area contributed by atoms with Gasteiger partial charge in [0, 0.05) is 7.11 Å². The Morgan fingerprint density at radius 2 is 1.87 bits per heavy atom. The van der Waals surface area contributed by atoms with Crippen LogP contribution in [0.5, 0.6) is 0 Å². The average molecular weight is 218 g/mol. The van der Waals surface area contributed by atoms with Gasteiger partial charge in [-0.25, -0.2) is 0 Å². The topological polar surface area (TPSA) is 9.23 Å². The molecule has 0 aliphatic rings. The van der Waals surface area contributed by atoms with Crippen molar-refractivity contribution in [3.8, 4) is 0 Å². The predicted octanol–water partition coefficient (Wildman–Crippen LogP) is 3.41. The third-order valence-electron chi connectivity index (χ3n) is 2.21. The number of rotatable bonds is 3. The lowest BCUT2D eigenvalue weighted by molar-refractivity contribution is -0.137. The lowest BCUT2D eigenvalue weighted by atomic mass is 10.0. The number of hydrogen-bond donors (Lipinski definition) is 0. The number of aryl methyl sites for hydroxylation is 1. The molecular weight excluding hydrogens is 205 g/mol. The lowest BCUT2D eigenvalue weighted by Gasteiger charge is -2.11. The summed E-state index contributed by atoms with van der Waals surface area (Å²) in [6.45, 7) is 2.18. The van der Waals surface area contributed by atoms with Crippen LogP contribution in [0.3, 0.4) is 0 Å². The van der Waals surface area contributed by atoms with Crippen molar-refractivity contribution in [1.82, 2.24) is 0 Å². The highest BCUT2D eigenvalue weighted by molar-refractivity contribution is 5.33. The summed E-state index contributed by atoms with van der Waals surface area (Å²) in [5, 5.41) is 0. The minimum absolute atomic E-state index is 0.349. The zero-order valence-electron chi connectivity index (χ0n) is 8.69. The summed E-state index contributed by atoms with van der Waals surface area (Å²) in [5.74, 6) is 0. The number of hydrogen-bond acceptors (Lipinski definition) is 1. The second-order valence-electron chi connectivity index (χ2n) is 3.27. The molecule has 0 bridgehead atoms. The Bertz CT molecular complexity index is 331. The van der Waals surface area contributed by atoms with Crippen LogP contribution < -0.4 is 0 Å². The van der Waals surface area contributed by atoms with Gasteiger partial charge in [-0.2, -0.15) is 13.2 Å². The fraction of sp³-hybridized carbons (Fsp3) is 0.455. The molecule has 84 valence electrons. The van der Waals surface area contributed by atoms with E-state index in [9.17, 15) is 13.2 Å². The van der Waals surface area contributed by atoms with Gasteiger partial charge in [0.1, 0.15) is 0 Å². The highest BCUT2D eigenvalue weighted by Crippen LogP contribution is 2.30. The molecule has 0 aliphatic carbocycles. The summed E-state index contributed by atoms with van der Waals surface area (Å²) in [7, 11) is 1.52. The molecule has 0 atom stereocenters. The van der Waals surface area contributed by atoms with Gasteiger partial charge < -0.3 is 4.74 Å². The van der Waals surface area contributed by atoms with Crippen molar-refractivity contribution >= 4 is 0 Å². The Kier molecular flexibility index (Phi) is 3.74. The highest BCUT2D eigenvalue weighted by Gasteiger charge is 2.30. The van der Waals surface area contributed by atoms with Crippen molar-refractivity contribution in [2.75, 3.05) is 7.11 Å². The van der Waals surface area contributed by atoms with E-state index in [1.807, 2.05) is 6.92 Å². The maximum absolute atomic E-state index is 12.4. The second-order valence-corrected chi connectivity index (χ2v) is 3.27. The summed E-state index contributed by atoms with van der Waals surface area (Å²) in [5.41, 5.74) is 0.902. The summed E-state index contributed by atoms with van der Waals surface area (Å²) in [4.78, 5) is 0. The number of ether oxygens (including phenoxy) is 1. The van der Waals surface area contributed by atoms with E-state index in [1.54, 1.807) is 0 Å². The smallest absolute Gasteiger partial charge is 0.380 e. The van der Waals surface area contributed by atoms with Crippen LogP contribution in [0.1, 0.15) is 23.6 Å². The molecule has 0 radical (unpaired) electrons. The lowest BCUT2D eigenvalue weighted by Crippen LogP contribution is -2.07. The molecule has 0 spiro atoms. The van der Waals surface area contributed by atoms with Crippen molar-refractivity contribution in [2.45, 2.75) is 26.1 Å². The molecule has 15 heavy (non-hydrogen) atoms. The molecule has 4 heteroatoms. The Morgan fingerprint density at radius 3 is 2.33 bits per heavy atom. The third-order valence-corrected chi connectivity index (χ3v) is 2.21. The van der Waals surface area contributed by atoms with Gasteiger partial charge in [-0.15, -0.1) is 0 Å². The minimum Gasteiger partial charge on any atom is -0.380 e. The van der Waals surface area contributed by atoms with Gasteiger partial charge >= 0.3 is 6.18 Å². The summed E-state index contributed by atoms with van der Waals surface area (Å²) in [6, 6.07) is 3.76. The summed E-state index contributed by atoms with van der Waals surface area (Å²) >= 11 is 0. The minimum atomic E-state index is -4.27. The molecule has 1 nitrogen and oxygen atoms in total. The normalized spacial score (nSPS) is 11.8. The molecule has 0 N–H and O–H groups in total. The van der Waals surface area contributed by atoms with E-state index < -0.39 is 11.7 Å². The van der Waals surface area contributed by atoms with Crippen LogP contribution in [-0.4, -0.2) is 7.11 Å². The first kappa shape index (κ1) is 12.0. The standard InChI is InChI=1S/C11H13F3O/c1-3-8-6-10(11(12,13)14)5-4-9(8)7-15-2/h4-6H,3,7H2,1-2H3. The molecule has 1 aromatic rings. The Balaban J connectivity index is 3.08. The molecule has 0 aromatic heterocycles. The number of halogens is 3. The van der Waals surface area contributed by atoms with Crippen molar-refractivity contribution in [1.29, 1.82) is 0 Å². The average Bonchev–Trinajstić information content (AvgIpc) is 2.17. The van der Waals surface area contributed by atoms with Crippen LogP contribution in [0.25, 0.3) is 0 Å². The fourth-order valence-electron chi connectivity index (χ4n) is 1.43. The van der Waals surface area contributed by atoms with Gasteiger partial charge in [-0.1, -0.05) is 13.0 Å². The van der Waals surface area contributed by atoms with E-state index in [-0.39, 0.29) is 0 Å². The van der Waals surface area contributed by atoms with Crippen LogP contribution in [0.2, 0.25) is 0 Å². The maximum atomic E-state index is 12.4. The first-order valence-electron chi connectivity index (χ1n) is 4.67. The largest absolute Gasteiger partial charge is 0.416 e. The van der Waals surface area contributed by atoms with Gasteiger partial charge in [0.2, 0.25) is 0 Å². The van der Waals surface area contributed by atoms with Crippen LogP contribution in [0.15, 0.2) is 18.2 Å². The molecule has 0 saturated heterocycles.